The molecule has 2 atom stereocenters. The number of carbonyl (C=O) groups is 2. The topological polar surface area (TPSA) is 79.3 Å². The average molecular weight is 360 g/mol. The standard InChI is InChI=1S/C19H24N2O3S/c1-19(12-5-4-7-13(19)18(23)24)21-16(22)10-6-11-17-20-14-8-2-3-9-15(14)25-17/h2-3,8-9,13H,4-7,10-12H2,1H3,(H,21,22)(H,23,24). The molecule has 0 radical (unpaired) electrons. The highest BCUT2D eigenvalue weighted by atomic mass is 32.1. The number of amides is 1. The van der Waals surface area contributed by atoms with Crippen molar-refractivity contribution in [3.05, 3.63) is 29.3 Å². The summed E-state index contributed by atoms with van der Waals surface area (Å²) < 4.78 is 1.17. The highest BCUT2D eigenvalue weighted by molar-refractivity contribution is 7.18. The van der Waals surface area contributed by atoms with Crippen molar-refractivity contribution in [1.82, 2.24) is 10.3 Å². The molecular weight excluding hydrogens is 336 g/mol. The number of thiazole rings is 1. The Morgan fingerprint density at radius 2 is 2.16 bits per heavy atom. The zero-order chi connectivity index (χ0) is 17.9. The molecule has 0 bridgehead atoms. The van der Waals surface area contributed by atoms with Crippen LogP contribution in [0, 0.1) is 5.92 Å². The second-order valence-electron chi connectivity index (χ2n) is 7.03. The molecule has 1 aliphatic carbocycles. The van der Waals surface area contributed by atoms with Gasteiger partial charge in [-0.05, 0) is 44.7 Å². The van der Waals surface area contributed by atoms with E-state index in [4.69, 9.17) is 0 Å². The Kier molecular flexibility index (Phi) is 5.37. The molecule has 0 saturated heterocycles. The lowest BCUT2D eigenvalue weighted by atomic mass is 9.74. The lowest BCUT2D eigenvalue weighted by Crippen LogP contribution is -2.55. The van der Waals surface area contributed by atoms with E-state index in [-0.39, 0.29) is 5.91 Å². The van der Waals surface area contributed by atoms with Crippen LogP contribution in [-0.4, -0.2) is 27.5 Å². The summed E-state index contributed by atoms with van der Waals surface area (Å²) in [6.07, 6.45) is 5.14. The summed E-state index contributed by atoms with van der Waals surface area (Å²) in [5.41, 5.74) is 0.378. The van der Waals surface area contributed by atoms with Crippen LogP contribution >= 0.6 is 11.3 Å². The maximum absolute atomic E-state index is 12.3. The molecule has 0 spiro atoms. The molecular formula is C19H24N2O3S. The van der Waals surface area contributed by atoms with Crippen LogP contribution in [0.2, 0.25) is 0 Å². The summed E-state index contributed by atoms with van der Waals surface area (Å²) >= 11 is 1.67. The Morgan fingerprint density at radius 1 is 1.36 bits per heavy atom. The fourth-order valence-corrected chi connectivity index (χ4v) is 4.70. The van der Waals surface area contributed by atoms with E-state index in [2.05, 4.69) is 16.4 Å². The van der Waals surface area contributed by atoms with E-state index in [1.165, 1.54) is 4.70 Å². The fraction of sp³-hybridized carbons (Fsp3) is 0.526. The number of benzene rings is 1. The zero-order valence-corrected chi connectivity index (χ0v) is 15.3. The molecule has 1 fully saturated rings. The van der Waals surface area contributed by atoms with Gasteiger partial charge in [0.15, 0.2) is 0 Å². The van der Waals surface area contributed by atoms with Crippen molar-refractivity contribution in [3.8, 4) is 0 Å². The third-order valence-electron chi connectivity index (χ3n) is 5.06. The Hall–Kier alpha value is -1.95. The highest BCUT2D eigenvalue weighted by Gasteiger charge is 2.41. The lowest BCUT2D eigenvalue weighted by molar-refractivity contribution is -0.146. The normalized spacial score (nSPS) is 23.5. The molecule has 1 saturated carbocycles. The fourth-order valence-electron chi connectivity index (χ4n) is 3.69. The minimum absolute atomic E-state index is 0.0586. The van der Waals surface area contributed by atoms with Gasteiger partial charge in [-0.15, -0.1) is 11.3 Å². The first kappa shape index (κ1) is 17.9. The van der Waals surface area contributed by atoms with Crippen molar-refractivity contribution in [2.24, 2.45) is 5.92 Å². The lowest BCUT2D eigenvalue weighted by Gasteiger charge is -2.39. The average Bonchev–Trinajstić information content (AvgIpc) is 2.97. The van der Waals surface area contributed by atoms with Crippen molar-refractivity contribution < 1.29 is 14.7 Å². The van der Waals surface area contributed by atoms with Gasteiger partial charge in [0.1, 0.15) is 0 Å². The van der Waals surface area contributed by atoms with Crippen molar-refractivity contribution in [3.63, 3.8) is 0 Å². The number of aliphatic carboxylic acids is 1. The van der Waals surface area contributed by atoms with Gasteiger partial charge in [0.05, 0.1) is 26.7 Å². The number of carboxylic acid groups (broad SMARTS) is 1. The van der Waals surface area contributed by atoms with Gasteiger partial charge in [-0.2, -0.15) is 0 Å². The maximum atomic E-state index is 12.3. The number of aromatic nitrogens is 1. The van der Waals surface area contributed by atoms with E-state index in [1.54, 1.807) is 11.3 Å². The van der Waals surface area contributed by atoms with Crippen molar-refractivity contribution >= 4 is 33.4 Å². The Bertz CT molecular complexity index is 740. The Balaban J connectivity index is 1.52. The minimum Gasteiger partial charge on any atom is -0.481 e. The number of rotatable bonds is 6. The first-order valence-electron chi connectivity index (χ1n) is 8.86. The van der Waals surface area contributed by atoms with Crippen molar-refractivity contribution in [2.45, 2.75) is 57.4 Å². The van der Waals surface area contributed by atoms with Crippen LogP contribution in [-0.2, 0) is 16.0 Å². The second-order valence-corrected chi connectivity index (χ2v) is 8.15. The zero-order valence-electron chi connectivity index (χ0n) is 14.5. The largest absolute Gasteiger partial charge is 0.481 e. The van der Waals surface area contributed by atoms with E-state index >= 15 is 0 Å². The summed E-state index contributed by atoms with van der Waals surface area (Å²) in [5, 5.41) is 13.5. The van der Waals surface area contributed by atoms with Crippen LogP contribution in [0.15, 0.2) is 24.3 Å². The van der Waals surface area contributed by atoms with E-state index in [1.807, 2.05) is 25.1 Å². The quantitative estimate of drug-likeness (QED) is 0.822. The summed E-state index contributed by atoms with van der Waals surface area (Å²) in [5.74, 6) is -1.36. The predicted octanol–water partition coefficient (Wildman–Crippen LogP) is 3.77. The number of nitrogens with zero attached hydrogens (tertiary/aromatic N) is 1. The van der Waals surface area contributed by atoms with Crippen LogP contribution in [0.25, 0.3) is 10.2 Å². The summed E-state index contributed by atoms with van der Waals surface area (Å²) in [7, 11) is 0. The summed E-state index contributed by atoms with van der Waals surface area (Å²) in [4.78, 5) is 28.4. The smallest absolute Gasteiger partial charge is 0.308 e. The van der Waals surface area contributed by atoms with Gasteiger partial charge in [0.2, 0.25) is 5.91 Å². The molecule has 6 heteroatoms. The van der Waals surface area contributed by atoms with Crippen LogP contribution in [0.5, 0.6) is 0 Å². The van der Waals surface area contributed by atoms with E-state index in [0.717, 1.165) is 42.6 Å². The van der Waals surface area contributed by atoms with Crippen molar-refractivity contribution in [2.75, 3.05) is 0 Å². The third-order valence-corrected chi connectivity index (χ3v) is 6.16. The Morgan fingerprint density at radius 3 is 2.92 bits per heavy atom. The number of carbonyl (C=O) groups excluding carboxylic acids is 1. The highest BCUT2D eigenvalue weighted by Crippen LogP contribution is 2.34. The molecule has 2 aromatic rings. The molecule has 134 valence electrons. The van der Waals surface area contributed by atoms with Gasteiger partial charge in [-0.1, -0.05) is 25.0 Å². The molecule has 1 aromatic carbocycles. The third kappa shape index (κ3) is 4.18. The number of hydrogen-bond acceptors (Lipinski definition) is 4. The molecule has 1 amide bonds. The number of nitrogens with one attached hydrogen (secondary N) is 1. The first-order valence-corrected chi connectivity index (χ1v) is 9.68. The van der Waals surface area contributed by atoms with Gasteiger partial charge < -0.3 is 10.4 Å². The molecule has 2 unspecified atom stereocenters. The number of aryl methyl sites for hydroxylation is 1. The molecule has 1 aromatic heterocycles. The molecule has 3 rings (SSSR count). The summed E-state index contributed by atoms with van der Waals surface area (Å²) in [6.45, 7) is 1.87. The van der Waals surface area contributed by atoms with Gasteiger partial charge in [0, 0.05) is 6.42 Å². The molecule has 0 aliphatic heterocycles. The molecule has 25 heavy (non-hydrogen) atoms. The molecule has 1 heterocycles. The first-order chi connectivity index (χ1) is 12.0. The monoisotopic (exact) mass is 360 g/mol. The maximum Gasteiger partial charge on any atom is 0.308 e. The number of para-hydroxylation sites is 1. The second kappa shape index (κ2) is 7.52. The van der Waals surface area contributed by atoms with Crippen LogP contribution in [0.1, 0.15) is 50.5 Å². The predicted molar refractivity (Wildman–Crippen MR) is 98.7 cm³/mol. The summed E-state index contributed by atoms with van der Waals surface area (Å²) in [6, 6.07) is 8.03. The molecule has 5 nitrogen and oxygen atoms in total. The van der Waals surface area contributed by atoms with E-state index < -0.39 is 17.4 Å². The van der Waals surface area contributed by atoms with E-state index in [0.29, 0.717) is 12.8 Å². The van der Waals surface area contributed by atoms with Gasteiger partial charge in [0.25, 0.3) is 0 Å². The van der Waals surface area contributed by atoms with E-state index in [9.17, 15) is 14.7 Å². The Labute approximate surface area is 151 Å². The van der Waals surface area contributed by atoms with Gasteiger partial charge >= 0.3 is 5.97 Å². The van der Waals surface area contributed by atoms with Crippen LogP contribution in [0.3, 0.4) is 0 Å². The number of carboxylic acids is 1. The molecule has 2 N–H and O–H groups in total. The number of hydrogen-bond donors (Lipinski definition) is 2. The number of fused-ring (bicyclic) bond motifs is 1. The molecule has 1 aliphatic rings. The minimum atomic E-state index is -0.808. The van der Waals surface area contributed by atoms with Gasteiger partial charge in [-0.25, -0.2) is 4.98 Å². The van der Waals surface area contributed by atoms with Gasteiger partial charge in [-0.3, -0.25) is 9.59 Å². The van der Waals surface area contributed by atoms with Crippen LogP contribution < -0.4 is 5.32 Å². The van der Waals surface area contributed by atoms with Crippen molar-refractivity contribution in [1.29, 1.82) is 0 Å². The van der Waals surface area contributed by atoms with Crippen LogP contribution in [0.4, 0.5) is 0 Å². The SMILES string of the molecule is CC1(NC(=O)CCCc2nc3ccccc3s2)CCCCC1C(=O)O.